The molecule has 0 N–H and O–H groups in total. The third kappa shape index (κ3) is 0.798. The molecular formula is C9H8O. The summed E-state index contributed by atoms with van der Waals surface area (Å²) in [4.78, 5) is 0. The first-order valence-corrected chi connectivity index (χ1v) is 3.35. The molecule has 0 unspecified atom stereocenters. The van der Waals surface area contributed by atoms with E-state index in [1.165, 1.54) is 11.1 Å². The lowest BCUT2D eigenvalue weighted by Gasteiger charge is -1.92. The number of hydrogen-bond acceptors (Lipinski definition) is 1. The molecule has 2 rings (SSSR count). The van der Waals surface area contributed by atoms with Gasteiger partial charge in [0, 0.05) is 5.56 Å². The van der Waals surface area contributed by atoms with Gasteiger partial charge in [-0.25, -0.2) is 0 Å². The third-order valence-corrected chi connectivity index (χ3v) is 1.66. The van der Waals surface area contributed by atoms with Gasteiger partial charge < -0.3 is 4.42 Å². The first-order chi connectivity index (χ1) is 4.97. The van der Waals surface area contributed by atoms with Crippen LogP contribution in [-0.4, -0.2) is 0 Å². The predicted octanol–water partition coefficient (Wildman–Crippen LogP) is 2.62. The second-order valence-electron chi connectivity index (χ2n) is 2.34. The topological polar surface area (TPSA) is 13.1 Å². The van der Waals surface area contributed by atoms with Gasteiger partial charge in [-0.15, -0.1) is 0 Å². The minimum Gasteiger partial charge on any atom is -0.472 e. The van der Waals surface area contributed by atoms with Crippen LogP contribution in [0.15, 0.2) is 41.2 Å². The summed E-state index contributed by atoms with van der Waals surface area (Å²) < 4.78 is 4.96. The summed E-state index contributed by atoms with van der Waals surface area (Å²) in [6, 6.07) is 1.98. The van der Waals surface area contributed by atoms with Crippen LogP contribution in [-0.2, 0) is 0 Å². The first-order valence-electron chi connectivity index (χ1n) is 3.35. The molecule has 1 aromatic rings. The first kappa shape index (κ1) is 5.54. The summed E-state index contributed by atoms with van der Waals surface area (Å²) in [5.41, 5.74) is 2.54. The van der Waals surface area contributed by atoms with Crippen LogP contribution >= 0.6 is 0 Å². The zero-order chi connectivity index (χ0) is 6.81. The lowest BCUT2D eigenvalue weighted by molar-refractivity contribution is 0.566. The van der Waals surface area contributed by atoms with Crippen molar-refractivity contribution < 1.29 is 4.42 Å². The summed E-state index contributed by atoms with van der Waals surface area (Å²) in [5.74, 6) is 0. The number of furan rings is 1. The van der Waals surface area contributed by atoms with Crippen molar-refractivity contribution in [3.63, 3.8) is 0 Å². The van der Waals surface area contributed by atoms with Crippen LogP contribution in [0.25, 0.3) is 5.57 Å². The van der Waals surface area contributed by atoms with Gasteiger partial charge in [-0.3, -0.25) is 0 Å². The Bertz CT molecular complexity index is 265. The molecule has 1 heterocycles. The van der Waals surface area contributed by atoms with Gasteiger partial charge in [0.25, 0.3) is 0 Å². The van der Waals surface area contributed by atoms with E-state index in [4.69, 9.17) is 4.42 Å². The molecule has 0 fully saturated rings. The van der Waals surface area contributed by atoms with Crippen molar-refractivity contribution in [3.8, 4) is 0 Å². The van der Waals surface area contributed by atoms with Gasteiger partial charge in [0.2, 0.25) is 0 Å². The standard InChI is InChI=1S/C9H8O/c1-2-4-8(3-1)9-5-6-10-7-9/h1-3,5-7H,4H2. The zero-order valence-electron chi connectivity index (χ0n) is 5.58. The molecule has 0 spiro atoms. The summed E-state index contributed by atoms with van der Waals surface area (Å²) >= 11 is 0. The lowest BCUT2D eigenvalue weighted by Crippen LogP contribution is -1.72. The highest BCUT2D eigenvalue weighted by molar-refractivity contribution is 5.69. The Labute approximate surface area is 59.7 Å². The van der Waals surface area contributed by atoms with E-state index in [-0.39, 0.29) is 0 Å². The number of rotatable bonds is 1. The Balaban J connectivity index is 2.30. The van der Waals surface area contributed by atoms with Crippen molar-refractivity contribution in [2.75, 3.05) is 0 Å². The average Bonchev–Trinajstić information content (AvgIpc) is 2.59. The Kier molecular flexibility index (Phi) is 1.21. The second kappa shape index (κ2) is 2.18. The smallest absolute Gasteiger partial charge is 0.0977 e. The van der Waals surface area contributed by atoms with E-state index in [2.05, 4.69) is 18.2 Å². The van der Waals surface area contributed by atoms with Gasteiger partial charge in [-0.05, 0) is 18.1 Å². The van der Waals surface area contributed by atoms with Gasteiger partial charge in [-0.1, -0.05) is 18.2 Å². The Morgan fingerprint density at radius 2 is 2.40 bits per heavy atom. The Hall–Kier alpha value is -1.24. The zero-order valence-corrected chi connectivity index (χ0v) is 5.58. The molecule has 0 aliphatic heterocycles. The molecule has 0 aromatic carbocycles. The highest BCUT2D eigenvalue weighted by atomic mass is 16.3. The molecule has 0 bridgehead atoms. The number of allylic oxidation sites excluding steroid dienone is 4. The molecule has 0 saturated carbocycles. The fourth-order valence-corrected chi connectivity index (χ4v) is 1.11. The second-order valence-corrected chi connectivity index (χ2v) is 2.34. The van der Waals surface area contributed by atoms with E-state index in [9.17, 15) is 0 Å². The maximum Gasteiger partial charge on any atom is 0.0977 e. The van der Waals surface area contributed by atoms with Crippen LogP contribution in [0.4, 0.5) is 0 Å². The van der Waals surface area contributed by atoms with E-state index in [0.29, 0.717) is 0 Å². The van der Waals surface area contributed by atoms with Crippen LogP contribution in [0.5, 0.6) is 0 Å². The van der Waals surface area contributed by atoms with E-state index < -0.39 is 0 Å². The summed E-state index contributed by atoms with van der Waals surface area (Å²) in [6.07, 6.45) is 10.8. The Morgan fingerprint density at radius 1 is 1.40 bits per heavy atom. The highest BCUT2D eigenvalue weighted by Gasteiger charge is 2.02. The summed E-state index contributed by atoms with van der Waals surface area (Å²) in [5, 5.41) is 0. The molecule has 1 aromatic heterocycles. The third-order valence-electron chi connectivity index (χ3n) is 1.66. The number of hydrogen-bond donors (Lipinski definition) is 0. The van der Waals surface area contributed by atoms with Crippen molar-refractivity contribution in [2.24, 2.45) is 0 Å². The minimum absolute atomic E-state index is 1.04. The van der Waals surface area contributed by atoms with Gasteiger partial charge in [0.1, 0.15) is 0 Å². The lowest BCUT2D eigenvalue weighted by atomic mass is 10.1. The molecule has 1 nitrogen and oxygen atoms in total. The van der Waals surface area contributed by atoms with Crippen molar-refractivity contribution in [2.45, 2.75) is 6.42 Å². The molecule has 1 aliphatic rings. The van der Waals surface area contributed by atoms with Crippen LogP contribution in [0.3, 0.4) is 0 Å². The molecule has 0 radical (unpaired) electrons. The van der Waals surface area contributed by atoms with E-state index in [1.807, 2.05) is 6.07 Å². The average molecular weight is 132 g/mol. The molecule has 0 amide bonds. The molecule has 0 atom stereocenters. The Morgan fingerprint density at radius 3 is 3.00 bits per heavy atom. The summed E-state index contributed by atoms with van der Waals surface area (Å²) in [7, 11) is 0. The van der Waals surface area contributed by atoms with E-state index in [0.717, 1.165) is 6.42 Å². The highest BCUT2D eigenvalue weighted by Crippen LogP contribution is 2.22. The molecular weight excluding hydrogens is 124 g/mol. The van der Waals surface area contributed by atoms with E-state index >= 15 is 0 Å². The maximum absolute atomic E-state index is 4.96. The van der Waals surface area contributed by atoms with Gasteiger partial charge >= 0.3 is 0 Å². The predicted molar refractivity (Wildman–Crippen MR) is 40.4 cm³/mol. The quantitative estimate of drug-likeness (QED) is 0.572. The van der Waals surface area contributed by atoms with Crippen LogP contribution in [0.1, 0.15) is 12.0 Å². The fraction of sp³-hybridized carbons (Fsp3) is 0.111. The van der Waals surface area contributed by atoms with Gasteiger partial charge in [0.15, 0.2) is 0 Å². The van der Waals surface area contributed by atoms with Gasteiger partial charge in [-0.2, -0.15) is 0 Å². The summed E-state index contributed by atoms with van der Waals surface area (Å²) in [6.45, 7) is 0. The molecule has 10 heavy (non-hydrogen) atoms. The minimum atomic E-state index is 1.04. The van der Waals surface area contributed by atoms with Crippen molar-refractivity contribution >= 4 is 5.57 Å². The van der Waals surface area contributed by atoms with Crippen molar-refractivity contribution in [3.05, 3.63) is 42.4 Å². The fourth-order valence-electron chi connectivity index (χ4n) is 1.11. The maximum atomic E-state index is 4.96. The monoisotopic (exact) mass is 132 g/mol. The van der Waals surface area contributed by atoms with Crippen LogP contribution in [0.2, 0.25) is 0 Å². The molecule has 1 heteroatoms. The van der Waals surface area contributed by atoms with Crippen molar-refractivity contribution in [1.29, 1.82) is 0 Å². The largest absolute Gasteiger partial charge is 0.472 e. The molecule has 0 saturated heterocycles. The normalized spacial score (nSPS) is 15.8. The van der Waals surface area contributed by atoms with Gasteiger partial charge in [0.05, 0.1) is 12.5 Å². The molecule has 50 valence electrons. The van der Waals surface area contributed by atoms with E-state index in [1.54, 1.807) is 12.5 Å². The molecule has 1 aliphatic carbocycles. The van der Waals surface area contributed by atoms with Crippen LogP contribution in [0, 0.1) is 0 Å². The SMILES string of the molecule is C1=CCC(c2ccoc2)=C1. The van der Waals surface area contributed by atoms with Crippen molar-refractivity contribution in [1.82, 2.24) is 0 Å². The van der Waals surface area contributed by atoms with Crippen LogP contribution < -0.4 is 0 Å².